The van der Waals surface area contributed by atoms with Crippen LogP contribution in [-0.2, 0) is 28.6 Å². The molecule has 0 aromatic rings. The second kappa shape index (κ2) is 68.6. The van der Waals surface area contributed by atoms with E-state index in [0.717, 1.165) is 96.3 Å². The van der Waals surface area contributed by atoms with Crippen molar-refractivity contribution in [1.82, 2.24) is 0 Å². The Hall–Kier alpha value is -2.89. The predicted octanol–water partition coefficient (Wildman–Crippen LogP) is 24.3. The van der Waals surface area contributed by atoms with Crippen LogP contribution in [0.1, 0.15) is 374 Å². The zero-order valence-corrected chi connectivity index (χ0v) is 53.6. The lowest BCUT2D eigenvalue weighted by atomic mass is 10.0. The van der Waals surface area contributed by atoms with Crippen molar-refractivity contribution in [3.63, 3.8) is 0 Å². The molecule has 6 nitrogen and oxygen atoms in total. The molecule has 0 radical (unpaired) electrons. The highest BCUT2D eigenvalue weighted by Crippen LogP contribution is 2.18. The maximum atomic E-state index is 12.9. The number of carbonyl (C=O) groups excluding carboxylic acids is 3. The summed E-state index contributed by atoms with van der Waals surface area (Å²) in [5.74, 6) is -0.867. The van der Waals surface area contributed by atoms with Gasteiger partial charge < -0.3 is 14.2 Å². The second-order valence-electron chi connectivity index (χ2n) is 23.8. The average Bonchev–Trinajstić information content (AvgIpc) is 3.46. The van der Waals surface area contributed by atoms with Gasteiger partial charge in [-0.25, -0.2) is 0 Å². The topological polar surface area (TPSA) is 78.9 Å². The van der Waals surface area contributed by atoms with Gasteiger partial charge in [0.15, 0.2) is 6.10 Å². The molecule has 0 aromatic carbocycles. The number of ether oxygens (including phenoxy) is 3. The van der Waals surface area contributed by atoms with Crippen molar-refractivity contribution in [3.05, 3.63) is 60.8 Å². The molecule has 0 aliphatic rings. The van der Waals surface area contributed by atoms with Crippen molar-refractivity contribution >= 4 is 17.9 Å². The molecule has 0 aliphatic carbocycles. The first-order valence-corrected chi connectivity index (χ1v) is 35.3. The Morgan fingerprint density at radius 3 is 0.750 bits per heavy atom. The summed E-state index contributed by atoms with van der Waals surface area (Å²) in [5, 5.41) is 0. The first-order valence-electron chi connectivity index (χ1n) is 35.3. The Bertz CT molecular complexity index is 1430. The molecule has 0 saturated heterocycles. The lowest BCUT2D eigenvalue weighted by Crippen LogP contribution is -2.30. The van der Waals surface area contributed by atoms with Crippen molar-refractivity contribution in [1.29, 1.82) is 0 Å². The smallest absolute Gasteiger partial charge is 0.306 e. The van der Waals surface area contributed by atoms with Gasteiger partial charge >= 0.3 is 17.9 Å². The first-order chi connectivity index (χ1) is 39.5. The Balaban J connectivity index is 4.22. The summed E-state index contributed by atoms with van der Waals surface area (Å²) in [4.78, 5) is 38.4. The van der Waals surface area contributed by atoms with Crippen molar-refractivity contribution in [2.45, 2.75) is 380 Å². The standard InChI is InChI=1S/C74H134O6/c1-4-7-10-13-16-19-22-25-27-29-31-33-34-35-36-37-38-39-40-41-43-44-46-49-52-55-58-61-64-67-73(76)79-70-71(69-78-72(75)66-63-60-57-54-51-48-24-21-18-15-12-9-6-3)80-74(77)68-65-62-59-56-53-50-47-45-42-32-30-28-26-23-20-17-14-11-8-5-2/h12,15,21-22,24-25,29,31,34-35,71H,4-11,13-14,16-20,23,26-28,30,32-33,36-70H2,1-3H3/b15-12-,24-21-,25-22-,31-29-,35-34-. The van der Waals surface area contributed by atoms with Gasteiger partial charge in [-0.05, 0) is 83.5 Å². The SMILES string of the molecule is CCC/C=C\C/C=C\CCCCCCCC(=O)OCC(COC(=O)CCCCCCCCCCCCCCCC/C=C\C/C=C\C/C=C\CCCCCCC)OC(=O)CCCCCCCCCCCCCCCCCCCCCC. The molecule has 466 valence electrons. The summed E-state index contributed by atoms with van der Waals surface area (Å²) < 4.78 is 17.0. The van der Waals surface area contributed by atoms with Crippen LogP contribution in [0.2, 0.25) is 0 Å². The molecule has 0 N–H and O–H groups in total. The maximum Gasteiger partial charge on any atom is 0.306 e. The van der Waals surface area contributed by atoms with Crippen LogP contribution in [0, 0.1) is 0 Å². The Morgan fingerprint density at radius 2 is 0.475 bits per heavy atom. The van der Waals surface area contributed by atoms with E-state index in [-0.39, 0.29) is 31.1 Å². The van der Waals surface area contributed by atoms with Gasteiger partial charge in [0.1, 0.15) is 13.2 Å². The van der Waals surface area contributed by atoms with E-state index in [1.807, 2.05) is 0 Å². The number of hydrogen-bond donors (Lipinski definition) is 0. The summed E-state index contributed by atoms with van der Waals surface area (Å²) >= 11 is 0. The molecule has 0 fully saturated rings. The van der Waals surface area contributed by atoms with E-state index in [0.29, 0.717) is 19.3 Å². The van der Waals surface area contributed by atoms with Crippen LogP contribution in [-0.4, -0.2) is 37.2 Å². The number of esters is 3. The Labute approximate surface area is 498 Å². The van der Waals surface area contributed by atoms with Gasteiger partial charge in [0, 0.05) is 19.3 Å². The minimum absolute atomic E-state index is 0.0749. The number of rotatable bonds is 65. The minimum atomic E-state index is -0.779. The van der Waals surface area contributed by atoms with Gasteiger partial charge in [0.2, 0.25) is 0 Å². The van der Waals surface area contributed by atoms with Crippen LogP contribution in [0.4, 0.5) is 0 Å². The molecule has 0 heterocycles. The number of allylic oxidation sites excluding steroid dienone is 10. The normalized spacial score (nSPS) is 12.4. The molecule has 0 saturated carbocycles. The van der Waals surface area contributed by atoms with E-state index in [1.165, 1.54) is 238 Å². The Morgan fingerprint density at radius 1 is 0.250 bits per heavy atom. The summed E-state index contributed by atoms with van der Waals surface area (Å²) in [6.45, 7) is 6.61. The molecule has 0 bridgehead atoms. The summed E-state index contributed by atoms with van der Waals surface area (Å²) in [6, 6.07) is 0. The highest BCUT2D eigenvalue weighted by molar-refractivity contribution is 5.71. The van der Waals surface area contributed by atoms with Gasteiger partial charge in [-0.2, -0.15) is 0 Å². The summed E-state index contributed by atoms with van der Waals surface area (Å²) in [7, 11) is 0. The van der Waals surface area contributed by atoms with Gasteiger partial charge in [-0.1, -0.05) is 332 Å². The molecule has 1 unspecified atom stereocenters. The zero-order valence-electron chi connectivity index (χ0n) is 53.6. The van der Waals surface area contributed by atoms with E-state index in [4.69, 9.17) is 14.2 Å². The van der Waals surface area contributed by atoms with E-state index >= 15 is 0 Å². The third kappa shape index (κ3) is 65.9. The third-order valence-electron chi connectivity index (χ3n) is 15.7. The van der Waals surface area contributed by atoms with Crippen LogP contribution in [0.15, 0.2) is 60.8 Å². The molecular formula is C74H134O6. The van der Waals surface area contributed by atoms with E-state index in [2.05, 4.69) is 81.5 Å². The van der Waals surface area contributed by atoms with Crippen molar-refractivity contribution in [3.8, 4) is 0 Å². The van der Waals surface area contributed by atoms with E-state index in [9.17, 15) is 14.4 Å². The van der Waals surface area contributed by atoms with Crippen LogP contribution < -0.4 is 0 Å². The largest absolute Gasteiger partial charge is 0.462 e. The van der Waals surface area contributed by atoms with Gasteiger partial charge in [-0.15, -0.1) is 0 Å². The second-order valence-corrected chi connectivity index (χ2v) is 23.8. The predicted molar refractivity (Wildman–Crippen MR) is 348 cm³/mol. The quantitative estimate of drug-likeness (QED) is 0.0261. The molecule has 0 spiro atoms. The van der Waals surface area contributed by atoms with Crippen molar-refractivity contribution < 1.29 is 28.6 Å². The van der Waals surface area contributed by atoms with E-state index in [1.54, 1.807) is 0 Å². The van der Waals surface area contributed by atoms with Crippen LogP contribution in [0.5, 0.6) is 0 Å². The molecule has 0 aliphatic heterocycles. The van der Waals surface area contributed by atoms with Crippen molar-refractivity contribution in [2.24, 2.45) is 0 Å². The lowest BCUT2D eigenvalue weighted by molar-refractivity contribution is -0.167. The molecule has 0 rings (SSSR count). The molecule has 6 heteroatoms. The fraction of sp³-hybridized carbons (Fsp3) is 0.824. The molecular weight excluding hydrogens is 985 g/mol. The van der Waals surface area contributed by atoms with Gasteiger partial charge in [-0.3, -0.25) is 14.4 Å². The maximum absolute atomic E-state index is 12.9. The lowest BCUT2D eigenvalue weighted by Gasteiger charge is -2.18. The number of carbonyl (C=O) groups is 3. The molecule has 1 atom stereocenters. The third-order valence-corrected chi connectivity index (χ3v) is 15.7. The van der Waals surface area contributed by atoms with Gasteiger partial charge in [0.05, 0.1) is 0 Å². The highest BCUT2D eigenvalue weighted by atomic mass is 16.6. The fourth-order valence-corrected chi connectivity index (χ4v) is 10.4. The first kappa shape index (κ1) is 77.1. The highest BCUT2D eigenvalue weighted by Gasteiger charge is 2.19. The zero-order chi connectivity index (χ0) is 57.8. The van der Waals surface area contributed by atoms with E-state index < -0.39 is 6.10 Å². The fourth-order valence-electron chi connectivity index (χ4n) is 10.4. The summed E-state index contributed by atoms with van der Waals surface area (Å²) in [5.41, 5.74) is 0. The number of unbranched alkanes of at least 4 members (excludes halogenated alkanes) is 44. The molecule has 0 aromatic heterocycles. The molecule has 0 amide bonds. The number of hydrogen-bond acceptors (Lipinski definition) is 6. The van der Waals surface area contributed by atoms with Gasteiger partial charge in [0.25, 0.3) is 0 Å². The summed E-state index contributed by atoms with van der Waals surface area (Å²) in [6.07, 6.45) is 88.2. The Kier molecular flexibility index (Phi) is 66.1. The van der Waals surface area contributed by atoms with Crippen molar-refractivity contribution in [2.75, 3.05) is 13.2 Å². The monoisotopic (exact) mass is 1120 g/mol. The average molecular weight is 1120 g/mol. The van der Waals surface area contributed by atoms with Crippen LogP contribution in [0.25, 0.3) is 0 Å². The van der Waals surface area contributed by atoms with Crippen LogP contribution in [0.3, 0.4) is 0 Å². The minimum Gasteiger partial charge on any atom is -0.462 e. The molecule has 80 heavy (non-hydrogen) atoms. The van der Waals surface area contributed by atoms with Crippen LogP contribution >= 0.6 is 0 Å².